The van der Waals surface area contributed by atoms with E-state index in [1.807, 2.05) is 0 Å². The minimum atomic E-state index is -4.71. The number of rotatable bonds is 2. The van der Waals surface area contributed by atoms with Crippen LogP contribution in [-0.4, -0.2) is 6.98 Å². The number of halogens is 3. The number of allylic oxidation sites excluding steroid dienone is 1. The zero-order chi connectivity index (χ0) is 9.03. The lowest BCUT2D eigenvalue weighted by Crippen LogP contribution is -2.12. The Kier molecular flexibility index (Phi) is 3.24. The van der Waals surface area contributed by atoms with E-state index in [1.165, 1.54) is 12.5 Å². The van der Waals surface area contributed by atoms with Crippen LogP contribution >= 0.6 is 0 Å². The van der Waals surface area contributed by atoms with Gasteiger partial charge in [0.25, 0.3) is 0 Å². The van der Waals surface area contributed by atoms with Gasteiger partial charge in [0.1, 0.15) is 0 Å². The third-order valence-electron chi connectivity index (χ3n) is 2.25. The summed E-state index contributed by atoms with van der Waals surface area (Å²) in [6, 6.07) is 0. The molecule has 1 rings (SSSR count). The molecule has 0 spiro atoms. The quantitative estimate of drug-likeness (QED) is 0.566. The van der Waals surface area contributed by atoms with Gasteiger partial charge in [-0.05, 0) is 18.8 Å². The molecule has 0 aromatic rings. The summed E-state index contributed by atoms with van der Waals surface area (Å²) < 4.78 is 35.4. The normalized spacial score (nSPS) is 21.9. The Hall–Kier alpha value is -0.405. The van der Waals surface area contributed by atoms with Crippen LogP contribution in [-0.2, 0) is 0 Å². The molecule has 1 saturated carbocycles. The van der Waals surface area contributed by atoms with Gasteiger partial charge in [0.2, 0.25) is 0 Å². The fourth-order valence-electron chi connectivity index (χ4n) is 1.61. The Labute approximate surface area is 70.9 Å². The van der Waals surface area contributed by atoms with Crippen LogP contribution < -0.4 is 0 Å². The van der Waals surface area contributed by atoms with Gasteiger partial charge in [0.15, 0.2) is 0 Å². The van der Waals surface area contributed by atoms with Gasteiger partial charge in [-0.3, -0.25) is 0 Å². The average Bonchev–Trinajstić information content (AvgIpc) is 2.02. The molecule has 0 aromatic carbocycles. The van der Waals surface area contributed by atoms with E-state index in [4.69, 9.17) is 0 Å². The lowest BCUT2D eigenvalue weighted by atomic mass is 9.84. The summed E-state index contributed by atoms with van der Waals surface area (Å²) in [5.41, 5.74) is 0. The highest BCUT2D eigenvalue weighted by Crippen LogP contribution is 2.25. The van der Waals surface area contributed by atoms with Crippen LogP contribution in [0.25, 0.3) is 0 Å². The van der Waals surface area contributed by atoms with E-state index in [0.717, 1.165) is 25.7 Å². The highest BCUT2D eigenvalue weighted by molar-refractivity contribution is 6.64. The fourth-order valence-corrected chi connectivity index (χ4v) is 1.61. The van der Waals surface area contributed by atoms with Crippen molar-refractivity contribution >= 4 is 6.98 Å². The van der Waals surface area contributed by atoms with Crippen molar-refractivity contribution in [3.63, 3.8) is 0 Å². The predicted molar refractivity (Wildman–Crippen MR) is 44.8 cm³/mol. The van der Waals surface area contributed by atoms with Crippen LogP contribution in [0.1, 0.15) is 32.1 Å². The maximum absolute atomic E-state index is 11.8. The lowest BCUT2D eigenvalue weighted by molar-refractivity contribution is 0.418. The Balaban J connectivity index is 2.33. The Bertz CT molecular complexity index is 156. The summed E-state index contributed by atoms with van der Waals surface area (Å²) in [5.74, 6) is 0.623. The van der Waals surface area contributed by atoms with E-state index < -0.39 is 6.98 Å². The van der Waals surface area contributed by atoms with E-state index >= 15 is 0 Å². The Morgan fingerprint density at radius 3 is 2.08 bits per heavy atom. The molecule has 0 atom stereocenters. The van der Waals surface area contributed by atoms with E-state index in [1.54, 1.807) is 0 Å². The lowest BCUT2D eigenvalue weighted by Gasteiger charge is -2.19. The van der Waals surface area contributed by atoms with Crippen LogP contribution in [0.3, 0.4) is 0 Å². The van der Waals surface area contributed by atoms with Crippen molar-refractivity contribution in [3.05, 3.63) is 12.1 Å². The zero-order valence-corrected chi connectivity index (χ0v) is 6.98. The highest BCUT2D eigenvalue weighted by atomic mass is 19.4. The monoisotopic (exact) mass is 177 g/mol. The molecule has 1 aliphatic rings. The van der Waals surface area contributed by atoms with Crippen LogP contribution in [0.4, 0.5) is 12.9 Å². The molecule has 0 unspecified atom stereocenters. The van der Waals surface area contributed by atoms with Crippen LogP contribution in [0.5, 0.6) is 0 Å². The molecule has 0 bridgehead atoms. The second kappa shape index (κ2) is 4.01. The van der Waals surface area contributed by atoms with E-state index in [-0.39, 0.29) is 5.92 Å². The second-order valence-corrected chi connectivity index (χ2v) is 3.41. The minimum Gasteiger partial charge on any atom is -0.445 e. The first kappa shape index (κ1) is 9.68. The molecule has 1 fully saturated rings. The molecule has 4 heteroatoms. The molecule has 0 heterocycles. The van der Waals surface area contributed by atoms with Crippen molar-refractivity contribution in [1.29, 1.82) is 0 Å². The summed E-state index contributed by atoms with van der Waals surface area (Å²) in [4.78, 5) is 0. The first-order chi connectivity index (χ1) is 5.58. The molecule has 0 saturated heterocycles. The number of hydrogen-bond acceptors (Lipinski definition) is 0. The highest BCUT2D eigenvalue weighted by Gasteiger charge is 2.18. The summed E-state index contributed by atoms with van der Waals surface area (Å²) >= 11 is 0. The zero-order valence-electron chi connectivity index (χ0n) is 6.98. The maximum atomic E-state index is 11.8. The van der Waals surface area contributed by atoms with Gasteiger partial charge in [-0.15, -0.1) is 12.1 Å². The largest absolute Gasteiger partial charge is 0.502 e. The molecule has 0 N–H and O–H groups in total. The van der Waals surface area contributed by atoms with E-state index in [0.29, 0.717) is 5.98 Å². The molecule has 0 nitrogen and oxygen atoms in total. The van der Waals surface area contributed by atoms with Crippen molar-refractivity contribution in [2.75, 3.05) is 0 Å². The average molecular weight is 177 g/mol. The Morgan fingerprint density at radius 2 is 1.58 bits per heavy atom. The minimum absolute atomic E-state index is 0.183. The predicted octanol–water partition coefficient (Wildman–Crippen LogP) is 3.51. The van der Waals surface area contributed by atoms with Crippen molar-refractivity contribution in [2.45, 2.75) is 32.1 Å². The first-order valence-electron chi connectivity index (χ1n) is 4.47. The maximum Gasteiger partial charge on any atom is 0.502 e. The molecule has 70 valence electrons. The second-order valence-electron chi connectivity index (χ2n) is 3.41. The summed E-state index contributed by atoms with van der Waals surface area (Å²) in [6.45, 7) is -4.71. The Morgan fingerprint density at radius 1 is 1.00 bits per heavy atom. The SMILES string of the molecule is F[B-](F)(F)/C=C\C1CCCCC1. The smallest absolute Gasteiger partial charge is 0.445 e. The van der Waals surface area contributed by atoms with Gasteiger partial charge in [-0.2, -0.15) is 0 Å². The van der Waals surface area contributed by atoms with Gasteiger partial charge < -0.3 is 12.9 Å². The van der Waals surface area contributed by atoms with Gasteiger partial charge >= 0.3 is 6.98 Å². The van der Waals surface area contributed by atoms with Crippen molar-refractivity contribution in [3.8, 4) is 0 Å². The summed E-state index contributed by atoms with van der Waals surface area (Å²) in [7, 11) is 0. The van der Waals surface area contributed by atoms with Crippen LogP contribution in [0.2, 0.25) is 0 Å². The molecule has 0 aromatic heterocycles. The van der Waals surface area contributed by atoms with Crippen molar-refractivity contribution < 1.29 is 12.9 Å². The van der Waals surface area contributed by atoms with E-state index in [2.05, 4.69) is 0 Å². The van der Waals surface area contributed by atoms with Crippen molar-refractivity contribution in [1.82, 2.24) is 0 Å². The van der Waals surface area contributed by atoms with Gasteiger partial charge in [0, 0.05) is 0 Å². The first-order valence-corrected chi connectivity index (χ1v) is 4.47. The third-order valence-corrected chi connectivity index (χ3v) is 2.25. The van der Waals surface area contributed by atoms with Gasteiger partial charge in [-0.1, -0.05) is 19.3 Å². The van der Waals surface area contributed by atoms with Gasteiger partial charge in [-0.25, -0.2) is 0 Å². The molecule has 0 amide bonds. The molecular weight excluding hydrogens is 164 g/mol. The van der Waals surface area contributed by atoms with Gasteiger partial charge in [0.05, 0.1) is 0 Å². The molecule has 1 aliphatic carbocycles. The summed E-state index contributed by atoms with van der Waals surface area (Å²) in [5, 5.41) is 0. The third kappa shape index (κ3) is 3.84. The summed E-state index contributed by atoms with van der Waals surface area (Å²) in [6.07, 6.45) is 6.56. The molecule has 0 aliphatic heterocycles. The molecule has 12 heavy (non-hydrogen) atoms. The van der Waals surface area contributed by atoms with Crippen LogP contribution in [0.15, 0.2) is 12.1 Å². The molecule has 0 radical (unpaired) electrons. The molecular formula is C8H13BF3-. The fraction of sp³-hybridized carbons (Fsp3) is 0.750. The topological polar surface area (TPSA) is 0 Å². The standard InChI is InChI=1S/C8H13BF3/c10-9(11,12)7-6-8-4-2-1-3-5-8/h6-8H,1-5H2/q-1/b7-6-. The van der Waals surface area contributed by atoms with Crippen molar-refractivity contribution in [2.24, 2.45) is 5.92 Å². The van der Waals surface area contributed by atoms with E-state index in [9.17, 15) is 12.9 Å². The number of hydrogen-bond donors (Lipinski definition) is 0. The van der Waals surface area contributed by atoms with Crippen LogP contribution in [0, 0.1) is 5.92 Å².